The fraction of sp³-hybridized carbons (Fsp3) is 0.846. The number of phosphoric ester groups is 1. The van der Waals surface area contributed by atoms with Gasteiger partial charge in [-0.25, -0.2) is 4.57 Å². The van der Waals surface area contributed by atoms with Gasteiger partial charge in [-0.2, -0.15) is 0 Å². The minimum absolute atomic E-state index is 0.0495. The van der Waals surface area contributed by atoms with E-state index in [0.29, 0.717) is 12.8 Å². The van der Waals surface area contributed by atoms with Crippen LogP contribution in [0.15, 0.2) is 24.3 Å². The zero-order chi connectivity index (χ0) is 36.1. The summed E-state index contributed by atoms with van der Waals surface area (Å²) in [5, 5.41) is 0. The molecule has 2 atom stereocenters. The zero-order valence-electron chi connectivity index (χ0n) is 31.4. The number of esters is 2. The van der Waals surface area contributed by atoms with E-state index in [1.807, 2.05) is 0 Å². The van der Waals surface area contributed by atoms with Crippen molar-refractivity contribution < 1.29 is 37.6 Å². The molecule has 0 saturated heterocycles. The Morgan fingerprint density at radius 3 is 1.49 bits per heavy atom. The highest BCUT2D eigenvalue weighted by molar-refractivity contribution is 7.47. The molecule has 0 aromatic heterocycles. The van der Waals surface area contributed by atoms with Gasteiger partial charge in [-0.15, -0.1) is 0 Å². The molecule has 0 rings (SSSR count). The van der Waals surface area contributed by atoms with Gasteiger partial charge in [-0.1, -0.05) is 128 Å². The monoisotopic (exact) mass is 716 g/mol. The van der Waals surface area contributed by atoms with E-state index < -0.39 is 32.5 Å². The van der Waals surface area contributed by atoms with Crippen LogP contribution in [0.5, 0.6) is 0 Å². The van der Waals surface area contributed by atoms with Crippen LogP contribution in [-0.2, 0) is 32.7 Å². The summed E-state index contributed by atoms with van der Waals surface area (Å²) in [5.74, 6) is -0.871. The Hall–Kier alpha value is -1.51. The minimum Gasteiger partial charge on any atom is -0.462 e. The smallest absolute Gasteiger partial charge is 0.462 e. The molecule has 0 amide bonds. The Balaban J connectivity index is 4.25. The van der Waals surface area contributed by atoms with Crippen LogP contribution in [0.4, 0.5) is 0 Å². The van der Waals surface area contributed by atoms with Gasteiger partial charge in [-0.05, 0) is 64.2 Å². The molecule has 3 N–H and O–H groups in total. The number of nitrogens with two attached hydrogens (primary N) is 1. The summed E-state index contributed by atoms with van der Waals surface area (Å²) in [6, 6.07) is 0. The first-order valence-electron chi connectivity index (χ1n) is 19.8. The average Bonchev–Trinajstić information content (AvgIpc) is 3.08. The molecule has 0 heterocycles. The van der Waals surface area contributed by atoms with Crippen molar-refractivity contribution in [2.24, 2.45) is 5.73 Å². The third-order valence-corrected chi connectivity index (χ3v) is 9.29. The lowest BCUT2D eigenvalue weighted by Gasteiger charge is -2.19. The van der Waals surface area contributed by atoms with Crippen molar-refractivity contribution in [1.82, 2.24) is 0 Å². The van der Waals surface area contributed by atoms with Gasteiger partial charge in [-0.3, -0.25) is 18.6 Å². The maximum absolute atomic E-state index is 12.5. The number of carbonyl (C=O) groups excluding carboxylic acids is 2. The molecule has 49 heavy (non-hydrogen) atoms. The predicted octanol–water partition coefficient (Wildman–Crippen LogP) is 10.8. The van der Waals surface area contributed by atoms with Crippen LogP contribution in [0.1, 0.15) is 181 Å². The van der Waals surface area contributed by atoms with Crippen molar-refractivity contribution in [2.45, 2.75) is 187 Å². The lowest BCUT2D eigenvalue weighted by molar-refractivity contribution is -0.161. The van der Waals surface area contributed by atoms with Gasteiger partial charge in [0.15, 0.2) is 6.10 Å². The zero-order valence-corrected chi connectivity index (χ0v) is 32.3. The Morgan fingerprint density at radius 2 is 1.00 bits per heavy atom. The van der Waals surface area contributed by atoms with Crippen LogP contribution in [0.25, 0.3) is 0 Å². The highest BCUT2D eigenvalue weighted by Crippen LogP contribution is 2.43. The van der Waals surface area contributed by atoms with Gasteiger partial charge in [0, 0.05) is 19.4 Å². The molecule has 1 unspecified atom stereocenters. The molecule has 0 aliphatic rings. The predicted molar refractivity (Wildman–Crippen MR) is 201 cm³/mol. The topological polar surface area (TPSA) is 134 Å². The first-order chi connectivity index (χ1) is 23.8. The molecule has 0 fully saturated rings. The molecule has 0 aromatic carbocycles. The summed E-state index contributed by atoms with van der Waals surface area (Å²) in [4.78, 5) is 34.7. The van der Waals surface area contributed by atoms with Crippen molar-refractivity contribution >= 4 is 19.8 Å². The Kier molecular flexibility index (Phi) is 35.2. The summed E-state index contributed by atoms with van der Waals surface area (Å²) in [7, 11) is -4.38. The molecular formula is C39H74NO8P. The van der Waals surface area contributed by atoms with Crippen LogP contribution < -0.4 is 5.73 Å². The molecule has 0 radical (unpaired) electrons. The largest absolute Gasteiger partial charge is 0.472 e. The molecule has 0 bridgehead atoms. The number of carbonyl (C=O) groups is 2. The Labute approximate surface area is 300 Å². The summed E-state index contributed by atoms with van der Waals surface area (Å²) in [6.45, 7) is 3.68. The quantitative estimate of drug-likeness (QED) is 0.0279. The number of allylic oxidation sites excluding steroid dienone is 4. The highest BCUT2D eigenvalue weighted by Gasteiger charge is 2.25. The SMILES string of the molecule is CCCCCCCC/C=C/CCCCCC(=O)OC[C@H](COP(=O)(O)OCCN)OC(=O)CCCC/C=C/CCCCCCCCCCC. The van der Waals surface area contributed by atoms with Crippen molar-refractivity contribution in [1.29, 1.82) is 0 Å². The molecule has 288 valence electrons. The van der Waals surface area contributed by atoms with Gasteiger partial charge in [0.2, 0.25) is 0 Å². The fourth-order valence-electron chi connectivity index (χ4n) is 5.33. The number of hydrogen-bond acceptors (Lipinski definition) is 8. The van der Waals surface area contributed by atoms with E-state index in [1.54, 1.807) is 0 Å². The van der Waals surface area contributed by atoms with E-state index in [0.717, 1.165) is 44.9 Å². The van der Waals surface area contributed by atoms with Gasteiger partial charge in [0.1, 0.15) is 6.61 Å². The van der Waals surface area contributed by atoms with Gasteiger partial charge < -0.3 is 20.1 Å². The molecule has 10 heteroatoms. The van der Waals surface area contributed by atoms with E-state index >= 15 is 0 Å². The van der Waals surface area contributed by atoms with Crippen molar-refractivity contribution in [2.75, 3.05) is 26.4 Å². The van der Waals surface area contributed by atoms with E-state index in [9.17, 15) is 19.0 Å². The Morgan fingerprint density at radius 1 is 0.592 bits per heavy atom. The molecule has 0 aliphatic carbocycles. The highest BCUT2D eigenvalue weighted by atomic mass is 31.2. The van der Waals surface area contributed by atoms with Crippen LogP contribution in [0, 0.1) is 0 Å². The Bertz CT molecular complexity index is 866. The normalized spacial score (nSPS) is 13.6. The van der Waals surface area contributed by atoms with Crippen molar-refractivity contribution in [3.05, 3.63) is 24.3 Å². The summed E-state index contributed by atoms with van der Waals surface area (Å²) in [6.07, 6.45) is 36.4. The third kappa shape index (κ3) is 36.1. The fourth-order valence-corrected chi connectivity index (χ4v) is 6.09. The molecule has 0 saturated carbocycles. The molecule has 0 aromatic rings. The van der Waals surface area contributed by atoms with E-state index in [-0.39, 0.29) is 32.6 Å². The van der Waals surface area contributed by atoms with Crippen molar-refractivity contribution in [3.8, 4) is 0 Å². The average molecular weight is 716 g/mol. The second-order valence-corrected chi connectivity index (χ2v) is 14.6. The van der Waals surface area contributed by atoms with Crippen molar-refractivity contribution in [3.63, 3.8) is 0 Å². The van der Waals surface area contributed by atoms with Gasteiger partial charge >= 0.3 is 19.8 Å². The first kappa shape index (κ1) is 47.5. The number of phosphoric acid groups is 1. The first-order valence-corrected chi connectivity index (χ1v) is 21.3. The second-order valence-electron chi connectivity index (χ2n) is 13.1. The summed E-state index contributed by atoms with van der Waals surface area (Å²) >= 11 is 0. The van der Waals surface area contributed by atoms with Gasteiger partial charge in [0.05, 0.1) is 13.2 Å². The standard InChI is InChI=1S/C39H74NO8P/c1-3-5-7-9-11-13-15-17-18-20-22-24-26-28-30-32-39(42)48-37(36-47-49(43,44)46-34-33-40)35-45-38(41)31-29-27-25-23-21-19-16-14-12-10-8-6-4-2/h19,21-22,24,37H,3-18,20,23,25-36,40H2,1-2H3,(H,43,44)/b21-19+,24-22+/t37-/m1/s1. The molecule has 0 spiro atoms. The summed E-state index contributed by atoms with van der Waals surface area (Å²) in [5.41, 5.74) is 5.33. The number of ether oxygens (including phenoxy) is 2. The maximum atomic E-state index is 12.5. The van der Waals surface area contributed by atoms with E-state index in [4.69, 9.17) is 24.3 Å². The third-order valence-electron chi connectivity index (χ3n) is 8.31. The summed E-state index contributed by atoms with van der Waals surface area (Å²) < 4.78 is 32.6. The van der Waals surface area contributed by atoms with Crippen LogP contribution in [0.3, 0.4) is 0 Å². The van der Waals surface area contributed by atoms with Crippen LogP contribution >= 0.6 is 7.82 Å². The molecule has 9 nitrogen and oxygen atoms in total. The van der Waals surface area contributed by atoms with Crippen LogP contribution in [-0.4, -0.2) is 49.3 Å². The van der Waals surface area contributed by atoms with Gasteiger partial charge in [0.25, 0.3) is 0 Å². The number of unbranched alkanes of at least 4 members (excludes halogenated alkanes) is 20. The molecule has 0 aliphatic heterocycles. The van der Waals surface area contributed by atoms with Crippen LogP contribution in [0.2, 0.25) is 0 Å². The molecular weight excluding hydrogens is 641 g/mol. The maximum Gasteiger partial charge on any atom is 0.472 e. The van der Waals surface area contributed by atoms with E-state index in [1.165, 1.54) is 96.3 Å². The van der Waals surface area contributed by atoms with E-state index in [2.05, 4.69) is 38.2 Å². The number of hydrogen-bond donors (Lipinski definition) is 2. The second kappa shape index (κ2) is 36.3. The number of rotatable bonds is 37. The minimum atomic E-state index is -4.38. The lowest BCUT2D eigenvalue weighted by Crippen LogP contribution is -2.29. The lowest BCUT2D eigenvalue weighted by atomic mass is 10.1.